The highest BCUT2D eigenvalue weighted by molar-refractivity contribution is 7.89. The van der Waals surface area contributed by atoms with Crippen LogP contribution in [-0.2, 0) is 26.2 Å². The second-order valence-electron chi connectivity index (χ2n) is 7.25. The lowest BCUT2D eigenvalue weighted by Crippen LogP contribution is -2.43. The summed E-state index contributed by atoms with van der Waals surface area (Å²) in [5.74, 6) is -1.27. The molecule has 8 heteroatoms. The molecule has 1 saturated heterocycles. The Morgan fingerprint density at radius 2 is 1.56 bits per heavy atom. The van der Waals surface area contributed by atoms with Gasteiger partial charge >= 0.3 is 11.8 Å². The van der Waals surface area contributed by atoms with Crippen molar-refractivity contribution in [3.63, 3.8) is 0 Å². The maximum atomic E-state index is 12.6. The van der Waals surface area contributed by atoms with Crippen LogP contribution < -0.4 is 10.6 Å². The maximum absolute atomic E-state index is 12.6. The van der Waals surface area contributed by atoms with Gasteiger partial charge in [0.2, 0.25) is 10.0 Å². The van der Waals surface area contributed by atoms with Crippen molar-refractivity contribution in [3.05, 3.63) is 29.8 Å². The lowest BCUT2D eigenvalue weighted by atomic mass is 10.2. The monoisotopic (exact) mass is 393 g/mol. The van der Waals surface area contributed by atoms with Gasteiger partial charge in [0.1, 0.15) is 0 Å². The molecule has 0 bridgehead atoms. The van der Waals surface area contributed by atoms with Crippen LogP contribution in [0.3, 0.4) is 0 Å². The van der Waals surface area contributed by atoms with E-state index in [1.807, 2.05) is 0 Å². The summed E-state index contributed by atoms with van der Waals surface area (Å²) in [6.45, 7) is 1.31. The lowest BCUT2D eigenvalue weighted by molar-refractivity contribution is -0.139. The van der Waals surface area contributed by atoms with Crippen LogP contribution in [0.5, 0.6) is 0 Å². The Hall–Kier alpha value is -1.93. The van der Waals surface area contributed by atoms with Crippen LogP contribution in [0, 0.1) is 0 Å². The van der Waals surface area contributed by atoms with Crippen molar-refractivity contribution in [2.24, 2.45) is 0 Å². The number of carbonyl (C=O) groups is 2. The van der Waals surface area contributed by atoms with Crippen molar-refractivity contribution in [2.75, 3.05) is 13.1 Å². The Morgan fingerprint density at radius 3 is 2.19 bits per heavy atom. The second-order valence-corrected chi connectivity index (χ2v) is 9.18. The van der Waals surface area contributed by atoms with E-state index in [4.69, 9.17) is 0 Å². The number of piperidine rings is 1. The number of rotatable bonds is 5. The summed E-state index contributed by atoms with van der Waals surface area (Å²) in [5, 5.41) is 5.33. The number of hydrogen-bond acceptors (Lipinski definition) is 4. The number of benzene rings is 1. The summed E-state index contributed by atoms with van der Waals surface area (Å²) in [6, 6.07) is 6.56. The Balaban J connectivity index is 1.52. The fraction of sp³-hybridized carbons (Fsp3) is 0.579. The summed E-state index contributed by atoms with van der Waals surface area (Å²) < 4.78 is 26.8. The van der Waals surface area contributed by atoms with Gasteiger partial charge in [0.15, 0.2) is 0 Å². The van der Waals surface area contributed by atoms with Gasteiger partial charge in [-0.2, -0.15) is 4.31 Å². The average Bonchev–Trinajstić information content (AvgIpc) is 3.20. The second kappa shape index (κ2) is 8.84. The fourth-order valence-corrected chi connectivity index (χ4v) is 5.13. The van der Waals surface area contributed by atoms with Gasteiger partial charge in [-0.25, -0.2) is 8.42 Å². The van der Waals surface area contributed by atoms with Gasteiger partial charge in [-0.05, 0) is 43.4 Å². The van der Waals surface area contributed by atoms with Crippen molar-refractivity contribution in [2.45, 2.75) is 62.4 Å². The molecule has 27 heavy (non-hydrogen) atoms. The minimum absolute atomic E-state index is 0.0996. The predicted molar refractivity (Wildman–Crippen MR) is 101 cm³/mol. The molecule has 1 aliphatic carbocycles. The normalized spacial score (nSPS) is 19.0. The van der Waals surface area contributed by atoms with E-state index >= 15 is 0 Å². The molecule has 2 aliphatic rings. The zero-order valence-corrected chi connectivity index (χ0v) is 16.3. The van der Waals surface area contributed by atoms with Gasteiger partial charge in [-0.3, -0.25) is 9.59 Å². The Bertz CT molecular complexity index is 765. The molecule has 7 nitrogen and oxygen atoms in total. The highest BCUT2D eigenvalue weighted by Crippen LogP contribution is 2.21. The number of hydrogen-bond donors (Lipinski definition) is 2. The zero-order valence-electron chi connectivity index (χ0n) is 15.4. The molecular weight excluding hydrogens is 366 g/mol. The van der Waals surface area contributed by atoms with Crippen LogP contribution in [0.1, 0.15) is 50.5 Å². The van der Waals surface area contributed by atoms with E-state index in [0.717, 1.165) is 50.5 Å². The Kier molecular flexibility index (Phi) is 6.49. The molecule has 2 N–H and O–H groups in total. The van der Waals surface area contributed by atoms with Crippen LogP contribution in [0.2, 0.25) is 0 Å². The SMILES string of the molecule is O=C(NCc1ccc(S(=O)(=O)N2CCCCC2)cc1)C(=O)NC1CCCC1. The van der Waals surface area contributed by atoms with Crippen LogP contribution in [0.4, 0.5) is 0 Å². The van der Waals surface area contributed by atoms with E-state index in [9.17, 15) is 18.0 Å². The van der Waals surface area contributed by atoms with Gasteiger partial charge < -0.3 is 10.6 Å². The topological polar surface area (TPSA) is 95.6 Å². The minimum Gasteiger partial charge on any atom is -0.345 e. The fourth-order valence-electron chi connectivity index (χ4n) is 3.62. The van der Waals surface area contributed by atoms with Crippen LogP contribution in [0.25, 0.3) is 0 Å². The first-order valence-corrected chi connectivity index (χ1v) is 11.1. The van der Waals surface area contributed by atoms with Crippen molar-refractivity contribution in [3.8, 4) is 0 Å². The van der Waals surface area contributed by atoms with E-state index in [1.165, 1.54) is 4.31 Å². The van der Waals surface area contributed by atoms with E-state index in [1.54, 1.807) is 24.3 Å². The molecule has 0 spiro atoms. The standard InChI is InChI=1S/C19H27N3O4S/c23-18(19(24)21-16-6-2-3-7-16)20-14-15-8-10-17(11-9-15)27(25,26)22-12-4-1-5-13-22/h8-11,16H,1-7,12-14H2,(H,20,23)(H,21,24). The summed E-state index contributed by atoms with van der Waals surface area (Å²) in [5.41, 5.74) is 0.745. The highest BCUT2D eigenvalue weighted by atomic mass is 32.2. The first-order chi connectivity index (χ1) is 13.0. The van der Waals surface area contributed by atoms with Gasteiger partial charge in [0.25, 0.3) is 0 Å². The molecule has 0 atom stereocenters. The average molecular weight is 394 g/mol. The lowest BCUT2D eigenvalue weighted by Gasteiger charge is -2.25. The quantitative estimate of drug-likeness (QED) is 0.742. The first kappa shape index (κ1) is 19.8. The van der Waals surface area contributed by atoms with Crippen molar-refractivity contribution in [1.29, 1.82) is 0 Å². The minimum atomic E-state index is -3.46. The molecule has 2 amide bonds. The number of carbonyl (C=O) groups excluding carboxylic acids is 2. The van der Waals surface area contributed by atoms with Gasteiger partial charge in [0.05, 0.1) is 4.90 Å². The number of nitrogens with zero attached hydrogens (tertiary/aromatic N) is 1. The van der Waals surface area contributed by atoms with Gasteiger partial charge in [0, 0.05) is 25.7 Å². The van der Waals surface area contributed by atoms with Crippen molar-refractivity contribution < 1.29 is 18.0 Å². The summed E-state index contributed by atoms with van der Waals surface area (Å²) in [4.78, 5) is 24.0. The molecular formula is C19H27N3O4S. The van der Waals surface area contributed by atoms with Crippen molar-refractivity contribution in [1.82, 2.24) is 14.9 Å². The van der Waals surface area contributed by atoms with E-state index in [2.05, 4.69) is 10.6 Å². The molecule has 1 aliphatic heterocycles. The molecule has 3 rings (SSSR count). The Morgan fingerprint density at radius 1 is 0.926 bits per heavy atom. The largest absolute Gasteiger partial charge is 0.345 e. The molecule has 1 aromatic carbocycles. The molecule has 148 valence electrons. The predicted octanol–water partition coefficient (Wildman–Crippen LogP) is 1.54. The molecule has 2 fully saturated rings. The Labute approximate surface area is 160 Å². The third-order valence-corrected chi connectivity index (χ3v) is 7.14. The van der Waals surface area contributed by atoms with Crippen LogP contribution >= 0.6 is 0 Å². The van der Waals surface area contributed by atoms with Crippen LogP contribution in [-0.4, -0.2) is 43.7 Å². The first-order valence-electron chi connectivity index (χ1n) is 9.64. The number of amides is 2. The molecule has 1 heterocycles. The third-order valence-electron chi connectivity index (χ3n) is 5.23. The third kappa shape index (κ3) is 5.07. The molecule has 0 aromatic heterocycles. The zero-order chi connectivity index (χ0) is 19.3. The van der Waals surface area contributed by atoms with Gasteiger partial charge in [-0.1, -0.05) is 31.4 Å². The smallest absolute Gasteiger partial charge is 0.309 e. The van der Waals surface area contributed by atoms with E-state index < -0.39 is 21.8 Å². The summed E-state index contributed by atoms with van der Waals surface area (Å²) in [7, 11) is -3.46. The molecule has 0 unspecified atom stereocenters. The van der Waals surface area contributed by atoms with E-state index in [0.29, 0.717) is 13.1 Å². The highest BCUT2D eigenvalue weighted by Gasteiger charge is 2.26. The summed E-state index contributed by atoms with van der Waals surface area (Å²) >= 11 is 0. The van der Waals surface area contributed by atoms with Crippen LogP contribution in [0.15, 0.2) is 29.2 Å². The number of nitrogens with one attached hydrogen (secondary N) is 2. The number of sulfonamides is 1. The molecule has 1 aromatic rings. The molecule has 0 radical (unpaired) electrons. The molecule has 1 saturated carbocycles. The van der Waals surface area contributed by atoms with Crippen molar-refractivity contribution >= 4 is 21.8 Å². The van der Waals surface area contributed by atoms with E-state index in [-0.39, 0.29) is 17.5 Å². The van der Waals surface area contributed by atoms with Gasteiger partial charge in [-0.15, -0.1) is 0 Å². The summed E-state index contributed by atoms with van der Waals surface area (Å²) in [6.07, 6.45) is 6.87. The maximum Gasteiger partial charge on any atom is 0.309 e.